The molecular weight excluding hydrogens is 434 g/mol. The van der Waals surface area contributed by atoms with Crippen molar-refractivity contribution in [2.24, 2.45) is 0 Å². The fourth-order valence-corrected chi connectivity index (χ4v) is 4.56. The van der Waals surface area contributed by atoms with Crippen molar-refractivity contribution in [1.82, 2.24) is 19.9 Å². The number of nitrogens with zero attached hydrogens (tertiary/aromatic N) is 2. The molecule has 166 valence electrons. The summed E-state index contributed by atoms with van der Waals surface area (Å²) in [4.78, 5) is 27.2. The smallest absolute Gasteiger partial charge is 0.309 e. The third-order valence-corrected chi connectivity index (χ3v) is 6.34. The van der Waals surface area contributed by atoms with Gasteiger partial charge in [0.1, 0.15) is 22.8 Å². The molecule has 0 saturated carbocycles. The molecule has 9 nitrogen and oxygen atoms in total. The van der Waals surface area contributed by atoms with E-state index < -0.39 is 44.6 Å². The van der Waals surface area contributed by atoms with E-state index in [1.165, 1.54) is 0 Å². The highest BCUT2D eigenvalue weighted by Gasteiger charge is 2.36. The van der Waals surface area contributed by atoms with Gasteiger partial charge in [-0.25, -0.2) is 17.2 Å². The second-order valence-corrected chi connectivity index (χ2v) is 8.44. The summed E-state index contributed by atoms with van der Waals surface area (Å²) in [6.45, 7) is -0.146. The molecule has 1 aromatic carbocycles. The summed E-state index contributed by atoms with van der Waals surface area (Å²) in [5, 5.41) is 4.69. The maximum atomic E-state index is 14.1. The van der Waals surface area contributed by atoms with Crippen LogP contribution < -0.4 is 10.6 Å². The molecule has 12 heteroatoms. The molecular formula is C19H20F2N4O5S. The van der Waals surface area contributed by atoms with E-state index in [0.29, 0.717) is 18.2 Å². The van der Waals surface area contributed by atoms with Gasteiger partial charge in [0.15, 0.2) is 0 Å². The van der Waals surface area contributed by atoms with Crippen LogP contribution >= 0.6 is 0 Å². The van der Waals surface area contributed by atoms with E-state index in [1.807, 2.05) is 0 Å². The minimum Gasteiger partial charge on any atom is -0.360 e. The minimum absolute atomic E-state index is 0.0231. The van der Waals surface area contributed by atoms with Gasteiger partial charge in [0.05, 0.1) is 25.4 Å². The zero-order chi connectivity index (χ0) is 22.4. The van der Waals surface area contributed by atoms with Gasteiger partial charge < -0.3 is 15.4 Å². The van der Waals surface area contributed by atoms with Crippen LogP contribution in [0.3, 0.4) is 0 Å². The van der Waals surface area contributed by atoms with E-state index in [9.17, 15) is 26.8 Å². The lowest BCUT2D eigenvalue weighted by molar-refractivity contribution is -0.140. The summed E-state index contributed by atoms with van der Waals surface area (Å²) in [7, 11) is -4.45. The second-order valence-electron chi connectivity index (χ2n) is 6.58. The maximum absolute atomic E-state index is 14.1. The quantitative estimate of drug-likeness (QED) is 0.615. The Labute approximate surface area is 177 Å². The van der Waals surface area contributed by atoms with Gasteiger partial charge in [-0.15, -0.1) is 0 Å². The van der Waals surface area contributed by atoms with Gasteiger partial charge in [-0.2, -0.15) is 4.31 Å². The van der Waals surface area contributed by atoms with Gasteiger partial charge in [-0.1, -0.05) is 6.07 Å². The molecule has 31 heavy (non-hydrogen) atoms. The number of rotatable bonds is 6. The number of ether oxygens (including phenoxy) is 1. The number of pyridine rings is 1. The number of nitrogens with one attached hydrogen (secondary N) is 2. The Morgan fingerprint density at radius 1 is 1.16 bits per heavy atom. The number of sulfonamides is 1. The van der Waals surface area contributed by atoms with Gasteiger partial charge in [0.2, 0.25) is 10.0 Å². The molecule has 1 atom stereocenters. The average Bonchev–Trinajstić information content (AvgIpc) is 2.78. The monoisotopic (exact) mass is 454 g/mol. The zero-order valence-electron chi connectivity index (χ0n) is 16.3. The molecule has 2 aromatic rings. The Bertz CT molecular complexity index is 1050. The number of amides is 2. The molecule has 1 aromatic heterocycles. The van der Waals surface area contributed by atoms with Crippen molar-refractivity contribution in [2.75, 3.05) is 19.7 Å². The summed E-state index contributed by atoms with van der Waals surface area (Å²) >= 11 is 0. The predicted molar refractivity (Wildman–Crippen MR) is 104 cm³/mol. The number of hydrogen-bond acceptors (Lipinski definition) is 6. The second kappa shape index (κ2) is 9.90. The van der Waals surface area contributed by atoms with E-state index in [2.05, 4.69) is 15.6 Å². The molecule has 2 N–H and O–H groups in total. The van der Waals surface area contributed by atoms with Gasteiger partial charge in [-0.05, 0) is 36.8 Å². The lowest BCUT2D eigenvalue weighted by atomic mass is 10.3. The molecule has 0 bridgehead atoms. The van der Waals surface area contributed by atoms with Crippen LogP contribution in [0.2, 0.25) is 0 Å². The summed E-state index contributed by atoms with van der Waals surface area (Å²) in [6, 6.07) is 7.21. The van der Waals surface area contributed by atoms with Crippen molar-refractivity contribution in [3.8, 4) is 0 Å². The summed E-state index contributed by atoms with van der Waals surface area (Å²) in [5.74, 6) is -3.96. The first-order valence-corrected chi connectivity index (χ1v) is 10.8. The first-order chi connectivity index (χ1) is 14.8. The van der Waals surface area contributed by atoms with E-state index in [1.54, 1.807) is 24.4 Å². The fourth-order valence-electron chi connectivity index (χ4n) is 2.92. The molecule has 3 rings (SSSR count). The average molecular weight is 454 g/mol. The van der Waals surface area contributed by atoms with Crippen molar-refractivity contribution in [1.29, 1.82) is 0 Å². The highest BCUT2D eigenvalue weighted by molar-refractivity contribution is 7.89. The molecule has 2 heterocycles. The van der Waals surface area contributed by atoms with Crippen LogP contribution in [0.15, 0.2) is 47.5 Å². The molecule has 0 aliphatic carbocycles. The molecule has 2 amide bonds. The summed E-state index contributed by atoms with van der Waals surface area (Å²) in [6.07, 6.45) is 0.679. The van der Waals surface area contributed by atoms with Gasteiger partial charge in [0, 0.05) is 12.7 Å². The molecule has 1 aliphatic heterocycles. The number of carbonyl (C=O) groups is 2. The Morgan fingerprint density at radius 2 is 1.94 bits per heavy atom. The van der Waals surface area contributed by atoms with Crippen molar-refractivity contribution in [3.63, 3.8) is 0 Å². The van der Waals surface area contributed by atoms with Crippen LogP contribution in [-0.2, 0) is 30.9 Å². The maximum Gasteiger partial charge on any atom is 0.309 e. The Hall–Kier alpha value is -2.96. The number of carbonyl (C=O) groups excluding carboxylic acids is 2. The molecule has 1 saturated heterocycles. The van der Waals surface area contributed by atoms with Crippen LogP contribution in [0, 0.1) is 11.6 Å². The van der Waals surface area contributed by atoms with Crippen LogP contribution in [-0.4, -0.2) is 55.4 Å². The third kappa shape index (κ3) is 5.60. The van der Waals surface area contributed by atoms with Crippen molar-refractivity contribution >= 4 is 21.8 Å². The lowest BCUT2D eigenvalue weighted by Gasteiger charge is -2.34. The molecule has 0 unspecified atom stereocenters. The summed E-state index contributed by atoms with van der Waals surface area (Å²) < 4.78 is 59.5. The molecule has 0 radical (unpaired) electrons. The Kier molecular flexibility index (Phi) is 7.25. The third-order valence-electron chi connectivity index (χ3n) is 4.43. The van der Waals surface area contributed by atoms with Crippen molar-refractivity contribution in [3.05, 3.63) is 59.9 Å². The number of benzene rings is 1. The van der Waals surface area contributed by atoms with Gasteiger partial charge in [-0.3, -0.25) is 14.6 Å². The lowest BCUT2D eigenvalue weighted by Crippen LogP contribution is -2.53. The van der Waals surface area contributed by atoms with Crippen LogP contribution in [0.1, 0.15) is 12.1 Å². The highest BCUT2D eigenvalue weighted by Crippen LogP contribution is 2.24. The number of aromatic nitrogens is 1. The molecule has 1 fully saturated rings. The number of hydrogen-bond donors (Lipinski definition) is 2. The standard InChI is InChI=1S/C19H20F2N4O5S/c20-13-5-6-15(21)16(10-13)31(28,29)25-8-3-9-30-17(25)12-24-19(27)18(26)23-11-14-4-1-2-7-22-14/h1-2,4-7,10,17H,3,8-9,11-12H2,(H,23,26)(H,24,27)/t17-/m0/s1. The van der Waals surface area contributed by atoms with Crippen LogP contribution in [0.5, 0.6) is 0 Å². The van der Waals surface area contributed by atoms with Crippen molar-refractivity contribution in [2.45, 2.75) is 24.1 Å². The first kappa shape index (κ1) is 22.7. The Balaban J connectivity index is 1.63. The molecule has 0 spiro atoms. The topological polar surface area (TPSA) is 118 Å². The normalized spacial score (nSPS) is 17.2. The minimum atomic E-state index is -4.45. The highest BCUT2D eigenvalue weighted by atomic mass is 32.2. The Morgan fingerprint density at radius 3 is 2.68 bits per heavy atom. The van der Waals surface area contributed by atoms with Gasteiger partial charge >= 0.3 is 11.8 Å². The first-order valence-electron chi connectivity index (χ1n) is 9.33. The zero-order valence-corrected chi connectivity index (χ0v) is 17.1. The largest absolute Gasteiger partial charge is 0.360 e. The van der Waals surface area contributed by atoms with E-state index in [0.717, 1.165) is 16.4 Å². The fraction of sp³-hybridized carbons (Fsp3) is 0.316. The number of halogens is 2. The molecule has 1 aliphatic rings. The van der Waals surface area contributed by atoms with E-state index >= 15 is 0 Å². The SMILES string of the molecule is O=C(NCc1ccccn1)C(=O)NC[C@@H]1OCCCN1S(=O)(=O)c1cc(F)ccc1F. The summed E-state index contributed by atoms with van der Waals surface area (Å²) in [5.41, 5.74) is 0.550. The van der Waals surface area contributed by atoms with Crippen molar-refractivity contribution < 1.29 is 31.5 Å². The van der Waals surface area contributed by atoms with Gasteiger partial charge in [0.25, 0.3) is 0 Å². The van der Waals surface area contributed by atoms with Crippen LogP contribution in [0.25, 0.3) is 0 Å². The van der Waals surface area contributed by atoms with E-state index in [4.69, 9.17) is 4.74 Å². The van der Waals surface area contributed by atoms with E-state index in [-0.39, 0.29) is 26.2 Å². The predicted octanol–water partition coefficient (Wildman–Crippen LogP) is 0.530. The van der Waals surface area contributed by atoms with Crippen LogP contribution in [0.4, 0.5) is 8.78 Å².